The number of thioether (sulfide) groups is 1. The Balaban J connectivity index is 1.37. The summed E-state index contributed by atoms with van der Waals surface area (Å²) in [5.41, 5.74) is 0.882. The number of hydrogen-bond acceptors (Lipinski definition) is 7. The van der Waals surface area contributed by atoms with Crippen LogP contribution in [-0.4, -0.2) is 64.4 Å². The highest BCUT2D eigenvalue weighted by Gasteiger charge is 2.57. The average Bonchev–Trinajstić information content (AvgIpc) is 3.53. The zero-order valence-corrected chi connectivity index (χ0v) is 34.0. The smallest absolute Gasteiger partial charge is 0.261 e. The van der Waals surface area contributed by atoms with Gasteiger partial charge in [0.25, 0.3) is 8.32 Å². The maximum absolute atomic E-state index is 7.80. The summed E-state index contributed by atoms with van der Waals surface area (Å²) in [6.45, 7) is 13.4. The molecule has 0 spiro atoms. The molecule has 2 aliphatic rings. The molecular weight excluding hydrogens is 673 g/mol. The molecule has 51 heavy (non-hydrogen) atoms. The summed E-state index contributed by atoms with van der Waals surface area (Å²) in [7, 11) is -1.10. The van der Waals surface area contributed by atoms with Crippen molar-refractivity contribution in [2.45, 2.75) is 121 Å². The van der Waals surface area contributed by atoms with E-state index in [1.165, 1.54) is 10.4 Å². The first kappa shape index (κ1) is 40.0. The van der Waals surface area contributed by atoms with Crippen molar-refractivity contribution >= 4 is 30.5 Å². The Bertz CT molecular complexity index is 1400. The molecule has 2 saturated heterocycles. The largest absolute Gasteiger partial charge is 0.497 e. The molecule has 0 radical (unpaired) electrons. The zero-order valence-electron chi connectivity index (χ0n) is 32.2. The predicted octanol–water partition coefficient (Wildman–Crippen LogP) is 9.14. The van der Waals surface area contributed by atoms with Crippen LogP contribution in [-0.2, 0) is 30.0 Å². The Labute approximate surface area is 313 Å². The minimum atomic E-state index is -2.79. The first-order valence-corrected chi connectivity index (χ1v) is 22.3. The summed E-state index contributed by atoms with van der Waals surface area (Å²) >= 11 is 1.74. The van der Waals surface area contributed by atoms with Crippen LogP contribution in [0.1, 0.15) is 91.5 Å². The number of hydrogen-bond donors (Lipinski definition) is 0. The number of fused-ring (bicyclic) bond motifs is 2. The lowest BCUT2D eigenvalue weighted by molar-refractivity contribution is -0.246. The van der Waals surface area contributed by atoms with E-state index < -0.39 is 14.1 Å². The van der Waals surface area contributed by atoms with Gasteiger partial charge in [0.1, 0.15) is 11.9 Å². The topological polar surface area (TPSA) is 55.4 Å². The third kappa shape index (κ3) is 9.50. The highest BCUT2D eigenvalue weighted by molar-refractivity contribution is 7.98. The van der Waals surface area contributed by atoms with Gasteiger partial charge in [0.2, 0.25) is 0 Å². The molecule has 8 heteroatoms. The molecule has 3 aromatic carbocycles. The Morgan fingerprint density at radius 1 is 0.902 bits per heavy atom. The number of methoxy groups -OCH3 is 1. The second-order valence-corrected chi connectivity index (χ2v) is 20.6. The summed E-state index contributed by atoms with van der Waals surface area (Å²) in [5.74, 6) is 1.24. The van der Waals surface area contributed by atoms with Gasteiger partial charge in [-0.3, -0.25) is 0 Å². The van der Waals surface area contributed by atoms with Crippen molar-refractivity contribution in [3.8, 4) is 5.75 Å². The van der Waals surface area contributed by atoms with Gasteiger partial charge >= 0.3 is 0 Å². The van der Waals surface area contributed by atoms with Crippen LogP contribution in [0.15, 0.2) is 84.9 Å². The first-order valence-electron chi connectivity index (χ1n) is 19.0. The van der Waals surface area contributed by atoms with Gasteiger partial charge in [0.05, 0.1) is 38.0 Å². The van der Waals surface area contributed by atoms with Crippen molar-refractivity contribution in [1.82, 2.24) is 0 Å². The van der Waals surface area contributed by atoms with Crippen molar-refractivity contribution in [2.75, 3.05) is 32.5 Å². The van der Waals surface area contributed by atoms with E-state index in [9.17, 15) is 0 Å². The molecule has 0 unspecified atom stereocenters. The van der Waals surface area contributed by atoms with E-state index in [0.29, 0.717) is 25.8 Å². The van der Waals surface area contributed by atoms with E-state index in [1.807, 2.05) is 12.1 Å². The second kappa shape index (κ2) is 18.2. The van der Waals surface area contributed by atoms with Gasteiger partial charge in [-0.2, -0.15) is 0 Å². The van der Waals surface area contributed by atoms with Gasteiger partial charge in [-0.05, 0) is 71.0 Å². The average molecular weight is 735 g/mol. The highest BCUT2D eigenvalue weighted by atomic mass is 32.2. The molecule has 280 valence electrons. The molecule has 0 N–H and O–H groups in total. The highest BCUT2D eigenvalue weighted by Crippen LogP contribution is 2.49. The number of ether oxygens (including phenoxy) is 5. The van der Waals surface area contributed by atoms with Crippen LogP contribution in [0.5, 0.6) is 5.75 Å². The normalized spacial score (nSPS) is 23.2. The summed E-state index contributed by atoms with van der Waals surface area (Å²) < 4.78 is 39.5. The molecule has 0 saturated carbocycles. The fourth-order valence-corrected chi connectivity index (χ4v) is 13.2. The van der Waals surface area contributed by atoms with Crippen LogP contribution in [0.25, 0.3) is 0 Å². The fraction of sp³-hybridized carbons (Fsp3) is 0.581. The summed E-state index contributed by atoms with van der Waals surface area (Å²) in [5, 5.41) is 2.47. The monoisotopic (exact) mass is 734 g/mol. The Hall–Kier alpha value is -2.17. The molecule has 2 aliphatic heterocycles. The third-order valence-electron chi connectivity index (χ3n) is 11.1. The lowest BCUT2D eigenvalue weighted by atomic mass is 9.81. The van der Waals surface area contributed by atoms with Crippen LogP contribution in [0.3, 0.4) is 0 Å². The number of rotatable bonds is 20. The van der Waals surface area contributed by atoms with Crippen LogP contribution in [0.2, 0.25) is 5.04 Å². The maximum atomic E-state index is 7.80. The summed E-state index contributed by atoms with van der Waals surface area (Å²) in [6, 6.07) is 30.0. The van der Waals surface area contributed by atoms with E-state index in [2.05, 4.69) is 114 Å². The second-order valence-electron chi connectivity index (χ2n) is 15.6. The third-order valence-corrected chi connectivity index (χ3v) is 16.5. The summed E-state index contributed by atoms with van der Waals surface area (Å²) in [6.07, 6.45) is 9.77. The van der Waals surface area contributed by atoms with Crippen molar-refractivity contribution in [1.29, 1.82) is 0 Å². The Kier molecular flexibility index (Phi) is 14.3. The van der Waals surface area contributed by atoms with Crippen molar-refractivity contribution < 1.29 is 28.1 Å². The molecule has 0 amide bonds. The van der Waals surface area contributed by atoms with E-state index >= 15 is 0 Å². The van der Waals surface area contributed by atoms with Crippen molar-refractivity contribution in [3.63, 3.8) is 0 Å². The van der Waals surface area contributed by atoms with Gasteiger partial charge in [0, 0.05) is 19.4 Å². The van der Waals surface area contributed by atoms with Crippen LogP contribution >= 0.6 is 11.8 Å². The zero-order chi connectivity index (χ0) is 36.4. The minimum absolute atomic E-state index is 0.0178. The molecule has 2 bridgehead atoms. The van der Waals surface area contributed by atoms with Gasteiger partial charge < -0.3 is 28.1 Å². The maximum Gasteiger partial charge on any atom is 0.261 e. The van der Waals surface area contributed by atoms with Crippen LogP contribution < -0.4 is 15.1 Å². The molecule has 0 aliphatic carbocycles. The van der Waals surface area contributed by atoms with E-state index in [0.717, 1.165) is 62.7 Å². The Morgan fingerprint density at radius 2 is 1.57 bits per heavy atom. The standard InChI is InChI=1S/C43H62O6SSi/c1-8-9-26-42(47-33-50-7)28-29-43(46-32-40(42)48-43)27-24-34(2)39(25-30-45-31-35-20-22-36(44-6)23-21-35)49-51(41(3,4)5,37-16-12-10-13-17-37)38-18-14-11-15-19-38/h10-23,34,39-40H,8-9,24-33H2,1-7H3/t34-,39+,40-,42+,43-/m0/s1. The lowest BCUT2D eigenvalue weighted by Gasteiger charge is -2.47. The van der Waals surface area contributed by atoms with Crippen molar-refractivity contribution in [3.05, 3.63) is 90.5 Å². The molecule has 3 aromatic rings. The van der Waals surface area contributed by atoms with E-state index in [1.54, 1.807) is 18.9 Å². The number of unbranched alkanes of at least 4 members (excludes halogenated alkanes) is 1. The van der Waals surface area contributed by atoms with E-state index in [-0.39, 0.29) is 28.8 Å². The predicted molar refractivity (Wildman–Crippen MR) is 213 cm³/mol. The Morgan fingerprint density at radius 3 is 2.16 bits per heavy atom. The fourth-order valence-electron chi connectivity index (χ4n) is 8.06. The van der Waals surface area contributed by atoms with Gasteiger partial charge in [-0.15, -0.1) is 11.8 Å². The van der Waals surface area contributed by atoms with Gasteiger partial charge in [0.15, 0.2) is 5.79 Å². The molecular formula is C43H62O6SSi. The molecule has 5 atom stereocenters. The van der Waals surface area contributed by atoms with Gasteiger partial charge in [-0.25, -0.2) is 0 Å². The first-order chi connectivity index (χ1) is 24.6. The lowest BCUT2D eigenvalue weighted by Crippen LogP contribution is -2.68. The molecule has 5 rings (SSSR count). The van der Waals surface area contributed by atoms with Crippen LogP contribution in [0.4, 0.5) is 0 Å². The van der Waals surface area contributed by atoms with Gasteiger partial charge in [-0.1, -0.05) is 120 Å². The van der Waals surface area contributed by atoms with Crippen LogP contribution in [0, 0.1) is 5.92 Å². The quantitative estimate of drug-likeness (QED) is 0.0652. The molecule has 2 heterocycles. The molecule has 6 nitrogen and oxygen atoms in total. The SMILES string of the molecule is CCCC[C@@]1(OCSC)CC[C@@]2(CC[C@H](C)[C@@H](CCOCc3ccc(OC)cc3)O[Si](c3ccccc3)(c3ccccc3)C(C)(C)C)OC[C@@H]1O2. The summed E-state index contributed by atoms with van der Waals surface area (Å²) in [4.78, 5) is 0. The van der Waals surface area contributed by atoms with E-state index in [4.69, 9.17) is 28.1 Å². The molecule has 2 fully saturated rings. The minimum Gasteiger partial charge on any atom is -0.497 e. The van der Waals surface area contributed by atoms with Crippen molar-refractivity contribution in [2.24, 2.45) is 5.92 Å². The molecule has 0 aromatic heterocycles. The number of benzene rings is 3.